The maximum Gasteiger partial charge on any atom is 0.253 e. The minimum Gasteiger partial charge on any atom is -0.360 e. The second-order valence-corrected chi connectivity index (χ2v) is 5.44. The lowest BCUT2D eigenvalue weighted by atomic mass is 10.1. The molecule has 1 amide bonds. The molecule has 1 aliphatic carbocycles. The third kappa shape index (κ3) is 2.84. The summed E-state index contributed by atoms with van der Waals surface area (Å²) in [6.45, 7) is 0.329. The first-order chi connectivity index (χ1) is 9.24. The fraction of sp³-hybridized carbons (Fsp3) is 0.308. The second kappa shape index (κ2) is 5.13. The summed E-state index contributed by atoms with van der Waals surface area (Å²) in [5, 5.41) is 6.41. The van der Waals surface area contributed by atoms with Gasteiger partial charge in [-0.25, -0.2) is 0 Å². The Morgan fingerprint density at radius 2 is 2.37 bits per heavy atom. The molecule has 1 saturated carbocycles. The minimum atomic E-state index is -0.132. The number of nitrogens with zero attached hydrogens (tertiary/aromatic N) is 2. The molecule has 0 atom stereocenters. The lowest BCUT2D eigenvalue weighted by Crippen LogP contribution is -2.24. The third-order valence-corrected chi connectivity index (χ3v) is 3.44. The van der Waals surface area contributed by atoms with Crippen molar-refractivity contribution >= 4 is 21.8 Å². The number of halogens is 1. The summed E-state index contributed by atoms with van der Waals surface area (Å²) in [7, 11) is 0. The number of hydrogen-bond acceptors (Lipinski definition) is 4. The number of pyridine rings is 1. The number of carbonyl (C=O) groups excluding carboxylic acids is 1. The van der Waals surface area contributed by atoms with Gasteiger partial charge in [-0.1, -0.05) is 5.16 Å². The molecule has 0 radical (unpaired) electrons. The van der Waals surface area contributed by atoms with Crippen LogP contribution in [-0.2, 0) is 6.54 Å². The highest BCUT2D eigenvalue weighted by molar-refractivity contribution is 9.10. The van der Waals surface area contributed by atoms with Gasteiger partial charge in [0.15, 0.2) is 5.76 Å². The van der Waals surface area contributed by atoms with Crippen LogP contribution in [0.3, 0.4) is 0 Å². The maximum absolute atomic E-state index is 12.2. The third-order valence-electron chi connectivity index (χ3n) is 3.01. The molecule has 98 valence electrons. The minimum absolute atomic E-state index is 0.132. The Morgan fingerprint density at radius 1 is 1.53 bits per heavy atom. The van der Waals surface area contributed by atoms with E-state index < -0.39 is 0 Å². The number of aromatic nitrogens is 2. The van der Waals surface area contributed by atoms with E-state index in [9.17, 15) is 4.79 Å². The Labute approximate surface area is 118 Å². The molecule has 19 heavy (non-hydrogen) atoms. The Balaban J connectivity index is 1.76. The van der Waals surface area contributed by atoms with Gasteiger partial charge in [0.2, 0.25) is 0 Å². The van der Waals surface area contributed by atoms with Crippen molar-refractivity contribution in [3.05, 3.63) is 46.0 Å². The van der Waals surface area contributed by atoms with Crippen molar-refractivity contribution in [2.75, 3.05) is 0 Å². The van der Waals surface area contributed by atoms with E-state index in [0.29, 0.717) is 23.8 Å². The summed E-state index contributed by atoms with van der Waals surface area (Å²) in [6.07, 6.45) is 5.51. The molecule has 0 aromatic carbocycles. The zero-order valence-corrected chi connectivity index (χ0v) is 11.7. The van der Waals surface area contributed by atoms with Crippen LogP contribution in [0.15, 0.2) is 33.5 Å². The zero-order chi connectivity index (χ0) is 13.2. The summed E-state index contributed by atoms with van der Waals surface area (Å²) in [5.74, 6) is 0.926. The Morgan fingerprint density at radius 3 is 3.05 bits per heavy atom. The first-order valence-corrected chi connectivity index (χ1v) is 6.86. The molecule has 0 unspecified atom stereocenters. The van der Waals surface area contributed by atoms with E-state index in [4.69, 9.17) is 4.52 Å². The molecule has 3 rings (SSSR count). The monoisotopic (exact) mass is 321 g/mol. The lowest BCUT2D eigenvalue weighted by Gasteiger charge is -2.08. The molecule has 0 bridgehead atoms. The quantitative estimate of drug-likeness (QED) is 0.940. The van der Waals surface area contributed by atoms with Crippen molar-refractivity contribution < 1.29 is 9.32 Å². The van der Waals surface area contributed by atoms with Crippen LogP contribution >= 0.6 is 15.9 Å². The summed E-state index contributed by atoms with van der Waals surface area (Å²) >= 11 is 3.35. The van der Waals surface area contributed by atoms with E-state index in [1.54, 1.807) is 18.5 Å². The fourth-order valence-corrected chi connectivity index (χ4v) is 2.24. The number of carbonyl (C=O) groups is 1. The van der Waals surface area contributed by atoms with Gasteiger partial charge >= 0.3 is 0 Å². The van der Waals surface area contributed by atoms with Crippen LogP contribution in [0.1, 0.15) is 40.6 Å². The molecule has 6 heteroatoms. The number of nitrogens with one attached hydrogen (secondary N) is 1. The van der Waals surface area contributed by atoms with Gasteiger partial charge in [0, 0.05) is 22.7 Å². The highest BCUT2D eigenvalue weighted by Gasteiger charge is 2.29. The van der Waals surface area contributed by atoms with Crippen molar-refractivity contribution in [1.29, 1.82) is 0 Å². The van der Waals surface area contributed by atoms with E-state index >= 15 is 0 Å². The van der Waals surface area contributed by atoms with E-state index in [2.05, 4.69) is 31.4 Å². The molecule has 0 saturated heterocycles. The molecule has 2 aromatic rings. The van der Waals surface area contributed by atoms with Crippen LogP contribution in [0.4, 0.5) is 0 Å². The normalized spacial score (nSPS) is 14.4. The van der Waals surface area contributed by atoms with Crippen molar-refractivity contribution in [2.24, 2.45) is 0 Å². The molecular formula is C13H12BrN3O2. The van der Waals surface area contributed by atoms with Gasteiger partial charge in [-0.3, -0.25) is 9.78 Å². The van der Waals surface area contributed by atoms with Crippen LogP contribution in [0, 0.1) is 0 Å². The van der Waals surface area contributed by atoms with E-state index in [-0.39, 0.29) is 5.91 Å². The summed E-state index contributed by atoms with van der Waals surface area (Å²) in [4.78, 5) is 16.6. The smallest absolute Gasteiger partial charge is 0.253 e. The summed E-state index contributed by atoms with van der Waals surface area (Å²) in [6, 6.07) is 3.54. The van der Waals surface area contributed by atoms with Gasteiger partial charge in [-0.05, 0) is 34.8 Å². The second-order valence-electron chi connectivity index (χ2n) is 4.52. The number of amides is 1. The SMILES string of the molecule is O=C(NCc1ccno1)c1cc(Br)cnc1C1CC1. The molecule has 0 spiro atoms. The molecule has 1 fully saturated rings. The van der Waals surface area contributed by atoms with Crippen molar-refractivity contribution in [1.82, 2.24) is 15.5 Å². The maximum atomic E-state index is 12.2. The van der Waals surface area contributed by atoms with Gasteiger partial charge in [0.25, 0.3) is 5.91 Å². The molecule has 1 aliphatic rings. The average Bonchev–Trinajstić information content (AvgIpc) is 3.12. The number of rotatable bonds is 4. The Kier molecular flexibility index (Phi) is 3.33. The van der Waals surface area contributed by atoms with Gasteiger partial charge < -0.3 is 9.84 Å². The first kappa shape index (κ1) is 12.3. The lowest BCUT2D eigenvalue weighted by molar-refractivity contribution is 0.0945. The highest BCUT2D eigenvalue weighted by atomic mass is 79.9. The first-order valence-electron chi connectivity index (χ1n) is 6.07. The van der Waals surface area contributed by atoms with Crippen LogP contribution in [-0.4, -0.2) is 16.0 Å². The van der Waals surface area contributed by atoms with Gasteiger partial charge in [0.1, 0.15) is 0 Å². The Hall–Kier alpha value is -1.69. The summed E-state index contributed by atoms with van der Waals surface area (Å²) < 4.78 is 5.75. The van der Waals surface area contributed by atoms with Gasteiger partial charge in [0.05, 0.1) is 24.0 Å². The topological polar surface area (TPSA) is 68.0 Å². The van der Waals surface area contributed by atoms with Crippen molar-refractivity contribution in [3.63, 3.8) is 0 Å². The van der Waals surface area contributed by atoms with Crippen LogP contribution < -0.4 is 5.32 Å². The van der Waals surface area contributed by atoms with E-state index in [0.717, 1.165) is 23.0 Å². The molecule has 0 aliphatic heterocycles. The largest absolute Gasteiger partial charge is 0.360 e. The van der Waals surface area contributed by atoms with Gasteiger partial charge in [-0.15, -0.1) is 0 Å². The predicted octanol–water partition coefficient (Wildman–Crippen LogP) is 2.64. The fourth-order valence-electron chi connectivity index (χ4n) is 1.91. The molecular weight excluding hydrogens is 310 g/mol. The number of hydrogen-bond donors (Lipinski definition) is 1. The predicted molar refractivity (Wildman–Crippen MR) is 71.6 cm³/mol. The van der Waals surface area contributed by atoms with Crippen LogP contribution in [0.5, 0.6) is 0 Å². The molecule has 2 heterocycles. The van der Waals surface area contributed by atoms with E-state index in [1.807, 2.05) is 6.07 Å². The molecule has 1 N–H and O–H groups in total. The van der Waals surface area contributed by atoms with Crippen molar-refractivity contribution in [2.45, 2.75) is 25.3 Å². The van der Waals surface area contributed by atoms with Crippen LogP contribution in [0.25, 0.3) is 0 Å². The highest BCUT2D eigenvalue weighted by Crippen LogP contribution is 2.40. The van der Waals surface area contributed by atoms with Crippen molar-refractivity contribution in [3.8, 4) is 0 Å². The standard InChI is InChI=1S/C13H12BrN3O2/c14-9-5-11(12(15-6-9)8-1-2-8)13(18)16-7-10-3-4-17-19-10/h3-6,8H,1-2,7H2,(H,16,18). The average molecular weight is 322 g/mol. The van der Waals surface area contributed by atoms with Gasteiger partial charge in [-0.2, -0.15) is 0 Å². The summed E-state index contributed by atoms with van der Waals surface area (Å²) in [5.41, 5.74) is 1.52. The molecule has 2 aromatic heterocycles. The van der Waals surface area contributed by atoms with E-state index in [1.165, 1.54) is 0 Å². The zero-order valence-electron chi connectivity index (χ0n) is 10.1. The van der Waals surface area contributed by atoms with Crippen LogP contribution in [0.2, 0.25) is 0 Å². The Bertz CT molecular complexity index is 594. The molecule has 5 nitrogen and oxygen atoms in total.